The lowest BCUT2D eigenvalue weighted by molar-refractivity contribution is -0.148. The van der Waals surface area contributed by atoms with Gasteiger partial charge < -0.3 is 4.74 Å². The summed E-state index contributed by atoms with van der Waals surface area (Å²) in [7, 11) is 0. The highest BCUT2D eigenvalue weighted by Gasteiger charge is 2.59. The monoisotopic (exact) mass is 454 g/mol. The Bertz CT molecular complexity index is 778. The van der Waals surface area contributed by atoms with Crippen molar-refractivity contribution < 1.29 is 9.53 Å². The molecule has 0 aromatic heterocycles. The molecule has 4 rings (SSSR count). The van der Waals surface area contributed by atoms with Crippen molar-refractivity contribution >= 4 is 5.97 Å². The molecule has 0 spiro atoms. The summed E-state index contributed by atoms with van der Waals surface area (Å²) in [6.07, 6.45) is 19.2. The maximum atomic E-state index is 11.5. The minimum atomic E-state index is -0.120. The second-order valence-electron chi connectivity index (χ2n) is 13.0. The largest absolute Gasteiger partial charge is 0.462 e. The molecule has 0 radical (unpaired) electrons. The Kier molecular flexibility index (Phi) is 7.24. The molecule has 4 aliphatic rings. The zero-order chi connectivity index (χ0) is 24.0. The average Bonchev–Trinajstić information content (AvgIpc) is 3.11. The van der Waals surface area contributed by atoms with Crippen LogP contribution >= 0.6 is 0 Å². The van der Waals surface area contributed by atoms with Crippen LogP contribution in [-0.2, 0) is 9.53 Å². The molecule has 2 heteroatoms. The van der Waals surface area contributed by atoms with Gasteiger partial charge in [-0.2, -0.15) is 0 Å². The number of hydrogen-bond donors (Lipinski definition) is 0. The van der Waals surface area contributed by atoms with Crippen molar-refractivity contribution in [3.63, 3.8) is 0 Å². The lowest BCUT2D eigenvalue weighted by Gasteiger charge is -2.58. The predicted molar refractivity (Wildman–Crippen MR) is 138 cm³/mol. The van der Waals surface area contributed by atoms with Crippen LogP contribution in [0.1, 0.15) is 106 Å². The summed E-state index contributed by atoms with van der Waals surface area (Å²) in [5, 5.41) is 0. The summed E-state index contributed by atoms with van der Waals surface area (Å²) in [5.41, 5.74) is 2.44. The van der Waals surface area contributed by atoms with E-state index in [0.29, 0.717) is 16.7 Å². The smallest absolute Gasteiger partial charge is 0.302 e. The molecule has 0 aromatic carbocycles. The number of allylic oxidation sites excluding steroid dienone is 3. The normalized spacial score (nSPS) is 42.3. The molecule has 0 amide bonds. The Morgan fingerprint density at radius 3 is 2.52 bits per heavy atom. The van der Waals surface area contributed by atoms with Crippen LogP contribution in [0.5, 0.6) is 0 Å². The minimum Gasteiger partial charge on any atom is -0.462 e. The van der Waals surface area contributed by atoms with E-state index in [4.69, 9.17) is 4.74 Å². The van der Waals surface area contributed by atoms with Crippen LogP contribution in [0.25, 0.3) is 0 Å². The van der Waals surface area contributed by atoms with Crippen LogP contribution in [-0.4, -0.2) is 12.1 Å². The topological polar surface area (TPSA) is 26.3 Å². The highest BCUT2D eigenvalue weighted by molar-refractivity contribution is 5.66. The van der Waals surface area contributed by atoms with Crippen molar-refractivity contribution in [1.29, 1.82) is 0 Å². The van der Waals surface area contributed by atoms with Crippen LogP contribution in [0.3, 0.4) is 0 Å². The maximum absolute atomic E-state index is 11.5. The quantitative estimate of drug-likeness (QED) is 0.297. The first-order valence-corrected chi connectivity index (χ1v) is 14.1. The Morgan fingerprint density at radius 1 is 1.09 bits per heavy atom. The first-order valence-electron chi connectivity index (χ1n) is 14.1. The number of ether oxygens (including phenoxy) is 1. The third kappa shape index (κ3) is 4.50. The van der Waals surface area contributed by atoms with Crippen molar-refractivity contribution in [2.24, 2.45) is 52.3 Å². The summed E-state index contributed by atoms with van der Waals surface area (Å²) < 4.78 is 5.62. The average molecular weight is 455 g/mol. The number of fused-ring (bicyclic) bond motifs is 5. The summed E-state index contributed by atoms with van der Waals surface area (Å²) in [6.45, 7) is 16.3. The second-order valence-corrected chi connectivity index (χ2v) is 13.0. The van der Waals surface area contributed by atoms with Gasteiger partial charge in [0.1, 0.15) is 6.10 Å². The summed E-state index contributed by atoms with van der Waals surface area (Å²) in [4.78, 5) is 11.5. The minimum absolute atomic E-state index is 0.105. The lowest BCUT2D eigenvalue weighted by atomic mass is 9.47. The van der Waals surface area contributed by atoms with E-state index >= 15 is 0 Å². The second kappa shape index (κ2) is 9.54. The van der Waals surface area contributed by atoms with E-state index in [1.54, 1.807) is 12.5 Å². The van der Waals surface area contributed by atoms with Crippen LogP contribution in [0.15, 0.2) is 23.8 Å². The third-order valence-electron chi connectivity index (χ3n) is 11.1. The molecular weight excluding hydrogens is 404 g/mol. The predicted octanol–water partition coefficient (Wildman–Crippen LogP) is 8.37. The van der Waals surface area contributed by atoms with Crippen LogP contribution in [0.2, 0.25) is 0 Å². The molecule has 0 heterocycles. The van der Waals surface area contributed by atoms with E-state index in [1.165, 1.54) is 44.9 Å². The Morgan fingerprint density at radius 2 is 1.85 bits per heavy atom. The molecule has 0 N–H and O–H groups in total. The molecule has 186 valence electrons. The molecule has 8 unspecified atom stereocenters. The van der Waals surface area contributed by atoms with E-state index < -0.39 is 0 Å². The molecular formula is C31H50O2. The molecule has 0 aromatic rings. The molecule has 0 aliphatic heterocycles. The van der Waals surface area contributed by atoms with E-state index in [-0.39, 0.29) is 12.1 Å². The van der Waals surface area contributed by atoms with Gasteiger partial charge in [-0.05, 0) is 104 Å². The molecule has 3 saturated carbocycles. The molecule has 2 nitrogen and oxygen atoms in total. The zero-order valence-corrected chi connectivity index (χ0v) is 22.5. The first-order chi connectivity index (χ1) is 15.6. The van der Waals surface area contributed by atoms with Gasteiger partial charge in [0.15, 0.2) is 0 Å². The summed E-state index contributed by atoms with van der Waals surface area (Å²) in [5.74, 6) is 5.41. The molecule has 4 aliphatic carbocycles. The van der Waals surface area contributed by atoms with E-state index in [2.05, 4.69) is 59.8 Å². The number of carbonyl (C=O) groups excluding carboxylic acids is 1. The van der Waals surface area contributed by atoms with Gasteiger partial charge in [0.25, 0.3) is 0 Å². The van der Waals surface area contributed by atoms with Crippen LogP contribution in [0.4, 0.5) is 0 Å². The summed E-state index contributed by atoms with van der Waals surface area (Å²) in [6, 6.07) is 0. The lowest BCUT2D eigenvalue weighted by Crippen LogP contribution is -2.51. The zero-order valence-electron chi connectivity index (χ0n) is 22.5. The maximum Gasteiger partial charge on any atom is 0.302 e. The van der Waals surface area contributed by atoms with Crippen LogP contribution in [0, 0.1) is 52.3 Å². The molecule has 0 saturated heterocycles. The van der Waals surface area contributed by atoms with Gasteiger partial charge in [0, 0.05) is 13.3 Å². The Labute approximate surface area is 204 Å². The molecule has 33 heavy (non-hydrogen) atoms. The van der Waals surface area contributed by atoms with Gasteiger partial charge in [-0.15, -0.1) is 0 Å². The van der Waals surface area contributed by atoms with Crippen molar-refractivity contribution in [2.75, 3.05) is 0 Å². The van der Waals surface area contributed by atoms with Gasteiger partial charge in [-0.1, -0.05) is 65.3 Å². The molecule has 9 atom stereocenters. The first kappa shape index (κ1) is 25.1. The van der Waals surface area contributed by atoms with Crippen molar-refractivity contribution in [3.8, 4) is 0 Å². The van der Waals surface area contributed by atoms with Crippen molar-refractivity contribution in [2.45, 2.75) is 112 Å². The number of rotatable bonds is 6. The van der Waals surface area contributed by atoms with E-state index in [0.717, 1.165) is 48.3 Å². The Hall–Kier alpha value is -1.05. The third-order valence-corrected chi connectivity index (χ3v) is 11.1. The number of hydrogen-bond acceptors (Lipinski definition) is 2. The van der Waals surface area contributed by atoms with Gasteiger partial charge in [-0.3, -0.25) is 4.79 Å². The SMILES string of the molecule is CCC(/C=C/C(C)C1CCC2C3CC=C4C[C@@H](OC(C)=O)CCC4(C)C3CCC12C)C(C)C. The van der Waals surface area contributed by atoms with Crippen molar-refractivity contribution in [3.05, 3.63) is 23.8 Å². The highest BCUT2D eigenvalue weighted by Crippen LogP contribution is 2.67. The van der Waals surface area contributed by atoms with Crippen LogP contribution < -0.4 is 0 Å². The van der Waals surface area contributed by atoms with Gasteiger partial charge in [-0.25, -0.2) is 0 Å². The van der Waals surface area contributed by atoms with E-state index in [1.807, 2.05) is 0 Å². The fourth-order valence-electron chi connectivity index (χ4n) is 9.15. The molecule has 3 fully saturated rings. The fourth-order valence-corrected chi connectivity index (χ4v) is 9.15. The van der Waals surface area contributed by atoms with E-state index in [9.17, 15) is 4.79 Å². The van der Waals surface area contributed by atoms with Gasteiger partial charge in [0.05, 0.1) is 0 Å². The van der Waals surface area contributed by atoms with Gasteiger partial charge >= 0.3 is 5.97 Å². The fraction of sp³-hybridized carbons (Fsp3) is 0.839. The number of carbonyl (C=O) groups is 1. The summed E-state index contributed by atoms with van der Waals surface area (Å²) >= 11 is 0. The Balaban J connectivity index is 1.49. The van der Waals surface area contributed by atoms with Gasteiger partial charge in [0.2, 0.25) is 0 Å². The number of esters is 1. The highest BCUT2D eigenvalue weighted by atomic mass is 16.5. The van der Waals surface area contributed by atoms with Crippen molar-refractivity contribution in [1.82, 2.24) is 0 Å². The standard InChI is InChI=1S/C31H50O2/c1-8-23(20(2)3)10-9-21(4)27-13-14-28-26-12-11-24-19-25(33-22(5)32)15-17-30(24,6)29(26)16-18-31(27,28)7/h9-11,20-21,23,25-29H,8,12-19H2,1-7H3/b10-9+/t21?,23?,25-,26?,27?,28?,29?,30?,31?/m0/s1. The molecule has 0 bridgehead atoms.